The molecule has 0 aromatic rings. The van der Waals surface area contributed by atoms with Crippen LogP contribution in [-0.2, 0) is 28.8 Å². The van der Waals surface area contributed by atoms with E-state index in [9.17, 15) is 28.8 Å². The fourth-order valence-corrected chi connectivity index (χ4v) is 2.56. The number of rotatable bonds is 14. The second-order valence-electron chi connectivity index (χ2n) is 6.88. The van der Waals surface area contributed by atoms with E-state index < -0.39 is 72.6 Å². The third-order valence-electron chi connectivity index (χ3n) is 4.41. The number of thiol groups is 1. The van der Waals surface area contributed by atoms with Gasteiger partial charge in [-0.25, -0.2) is 4.79 Å². The van der Waals surface area contributed by atoms with Gasteiger partial charge >= 0.3 is 11.9 Å². The third-order valence-corrected chi connectivity index (χ3v) is 4.77. The lowest BCUT2D eigenvalue weighted by molar-refractivity contribution is -0.144. The second-order valence-corrected chi connectivity index (χ2v) is 7.25. The van der Waals surface area contributed by atoms with Crippen LogP contribution in [0.1, 0.15) is 33.1 Å². The molecule has 0 bridgehead atoms. The van der Waals surface area contributed by atoms with Crippen LogP contribution in [0.5, 0.6) is 0 Å². The molecule has 5 atom stereocenters. The van der Waals surface area contributed by atoms with Gasteiger partial charge in [0.1, 0.15) is 18.1 Å². The molecule has 0 aromatic carbocycles. The van der Waals surface area contributed by atoms with Crippen molar-refractivity contribution in [2.24, 2.45) is 17.4 Å². The van der Waals surface area contributed by atoms with E-state index in [2.05, 4.69) is 23.3 Å². The number of carbonyl (C=O) groups excluding carboxylic acids is 4. The maximum atomic E-state index is 12.5. The summed E-state index contributed by atoms with van der Waals surface area (Å²) < 4.78 is 0. The number of primary amides is 1. The van der Waals surface area contributed by atoms with Gasteiger partial charge in [0.05, 0.1) is 18.9 Å². The molecule has 14 heteroatoms. The molecule has 0 heterocycles. The number of nitrogens with one attached hydrogen (secondary N) is 3. The fraction of sp³-hybridized carbons (Fsp3) is 0.647. The summed E-state index contributed by atoms with van der Waals surface area (Å²) in [5.41, 5.74) is 10.7. The van der Waals surface area contributed by atoms with Crippen LogP contribution >= 0.6 is 12.6 Å². The van der Waals surface area contributed by atoms with Crippen LogP contribution in [-0.4, -0.2) is 75.7 Å². The second kappa shape index (κ2) is 13.4. The van der Waals surface area contributed by atoms with Gasteiger partial charge in [0.15, 0.2) is 0 Å². The maximum absolute atomic E-state index is 12.5. The molecule has 0 aromatic heterocycles. The minimum atomic E-state index is -1.72. The van der Waals surface area contributed by atoms with Gasteiger partial charge in [-0.15, -0.1) is 0 Å². The highest BCUT2D eigenvalue weighted by Crippen LogP contribution is 2.06. The molecule has 5 unspecified atom stereocenters. The topological polar surface area (TPSA) is 231 Å². The van der Waals surface area contributed by atoms with Gasteiger partial charge in [-0.1, -0.05) is 20.3 Å². The predicted octanol–water partition coefficient (Wildman–Crippen LogP) is -2.82. The Hall–Kier alpha value is -2.87. The first-order chi connectivity index (χ1) is 14.3. The van der Waals surface area contributed by atoms with Crippen molar-refractivity contribution in [3.8, 4) is 0 Å². The summed E-state index contributed by atoms with van der Waals surface area (Å²) in [6.45, 7) is 3.58. The highest BCUT2D eigenvalue weighted by atomic mass is 32.1. The molecule has 0 fully saturated rings. The zero-order valence-corrected chi connectivity index (χ0v) is 18.1. The number of nitrogens with two attached hydrogens (primary N) is 2. The van der Waals surface area contributed by atoms with E-state index in [-0.39, 0.29) is 11.7 Å². The summed E-state index contributed by atoms with van der Waals surface area (Å²) in [7, 11) is 0. The average molecular weight is 464 g/mol. The molecule has 0 rings (SSSR count). The highest BCUT2D eigenvalue weighted by molar-refractivity contribution is 7.80. The molecule has 9 N–H and O–H groups in total. The quantitative estimate of drug-likeness (QED) is 0.124. The molecule has 0 aliphatic rings. The predicted molar refractivity (Wildman–Crippen MR) is 111 cm³/mol. The first-order valence-electron chi connectivity index (χ1n) is 9.34. The summed E-state index contributed by atoms with van der Waals surface area (Å²) in [5, 5.41) is 24.5. The van der Waals surface area contributed by atoms with Gasteiger partial charge in [0.25, 0.3) is 0 Å². The van der Waals surface area contributed by atoms with Crippen LogP contribution in [0.2, 0.25) is 0 Å². The SMILES string of the molecule is CCC(C)C(N)C(=O)NC(CS)C(=O)NC(CC(=O)O)C(=O)NC(CC(N)=O)C(=O)O. The zero-order chi connectivity index (χ0) is 24.3. The minimum absolute atomic E-state index is 0.174. The Kier molecular flexibility index (Phi) is 12.2. The Labute approximate surface area is 184 Å². The molecule has 0 aliphatic heterocycles. The summed E-state index contributed by atoms with van der Waals surface area (Å²) >= 11 is 3.97. The van der Waals surface area contributed by atoms with Gasteiger partial charge in [0.2, 0.25) is 23.6 Å². The van der Waals surface area contributed by atoms with Gasteiger partial charge in [0, 0.05) is 5.75 Å². The Morgan fingerprint density at radius 1 is 0.871 bits per heavy atom. The molecule has 0 radical (unpaired) electrons. The van der Waals surface area contributed by atoms with E-state index in [0.717, 1.165) is 0 Å². The van der Waals surface area contributed by atoms with Gasteiger partial charge in [-0.2, -0.15) is 12.6 Å². The van der Waals surface area contributed by atoms with Crippen LogP contribution in [0.4, 0.5) is 0 Å². The van der Waals surface area contributed by atoms with Crippen molar-refractivity contribution in [1.82, 2.24) is 16.0 Å². The van der Waals surface area contributed by atoms with Crippen molar-refractivity contribution in [2.45, 2.75) is 57.3 Å². The summed E-state index contributed by atoms with van der Waals surface area (Å²) in [5.74, 6) is -7.14. The van der Waals surface area contributed by atoms with Gasteiger partial charge in [-0.05, 0) is 5.92 Å². The normalized spacial score (nSPS) is 15.5. The van der Waals surface area contributed by atoms with Crippen LogP contribution in [0, 0.1) is 5.92 Å². The van der Waals surface area contributed by atoms with E-state index in [1.165, 1.54) is 0 Å². The lowest BCUT2D eigenvalue weighted by atomic mass is 9.99. The number of carbonyl (C=O) groups is 6. The van der Waals surface area contributed by atoms with E-state index >= 15 is 0 Å². The largest absolute Gasteiger partial charge is 0.481 e. The molecule has 31 heavy (non-hydrogen) atoms. The van der Waals surface area contributed by atoms with Crippen molar-refractivity contribution >= 4 is 48.2 Å². The van der Waals surface area contributed by atoms with Crippen molar-refractivity contribution < 1.29 is 39.0 Å². The van der Waals surface area contributed by atoms with E-state index in [0.29, 0.717) is 6.42 Å². The number of carboxylic acid groups (broad SMARTS) is 2. The number of amides is 4. The zero-order valence-electron chi connectivity index (χ0n) is 17.2. The Morgan fingerprint density at radius 3 is 1.77 bits per heavy atom. The Morgan fingerprint density at radius 2 is 1.35 bits per heavy atom. The Bertz CT molecular complexity index is 704. The third kappa shape index (κ3) is 10.1. The summed E-state index contributed by atoms with van der Waals surface area (Å²) in [6.07, 6.45) is -1.01. The standard InChI is InChI=1S/C17H29N5O8S/c1-3-7(2)13(19)16(28)22-10(6-31)15(27)20-8(5-12(24)25)14(26)21-9(17(29)30)4-11(18)23/h7-10,13,31H,3-6,19H2,1-2H3,(H2,18,23)(H,20,27)(H,21,26)(H,22,28)(H,24,25)(H,29,30). The lowest BCUT2D eigenvalue weighted by Gasteiger charge is -2.24. The molecule has 0 spiro atoms. The van der Waals surface area contributed by atoms with Crippen molar-refractivity contribution in [2.75, 3.05) is 5.75 Å². The van der Waals surface area contributed by atoms with Crippen LogP contribution < -0.4 is 27.4 Å². The first-order valence-corrected chi connectivity index (χ1v) is 9.97. The monoisotopic (exact) mass is 463 g/mol. The van der Waals surface area contributed by atoms with Crippen LogP contribution in [0.3, 0.4) is 0 Å². The van der Waals surface area contributed by atoms with Crippen molar-refractivity contribution in [1.29, 1.82) is 0 Å². The lowest BCUT2D eigenvalue weighted by Crippen LogP contribution is -2.58. The van der Waals surface area contributed by atoms with Gasteiger partial charge in [-0.3, -0.25) is 24.0 Å². The number of aliphatic carboxylic acids is 2. The van der Waals surface area contributed by atoms with Crippen molar-refractivity contribution in [3.63, 3.8) is 0 Å². The van der Waals surface area contributed by atoms with E-state index in [1.54, 1.807) is 6.92 Å². The molecular weight excluding hydrogens is 434 g/mol. The fourth-order valence-electron chi connectivity index (χ4n) is 2.30. The van der Waals surface area contributed by atoms with Gasteiger partial charge < -0.3 is 37.6 Å². The highest BCUT2D eigenvalue weighted by Gasteiger charge is 2.32. The van der Waals surface area contributed by atoms with Crippen molar-refractivity contribution in [3.05, 3.63) is 0 Å². The Balaban J connectivity index is 5.34. The van der Waals surface area contributed by atoms with Crippen LogP contribution in [0.15, 0.2) is 0 Å². The maximum Gasteiger partial charge on any atom is 0.326 e. The van der Waals surface area contributed by atoms with E-state index in [4.69, 9.17) is 21.7 Å². The summed E-state index contributed by atoms with van der Waals surface area (Å²) in [4.78, 5) is 70.2. The molecule has 0 saturated heterocycles. The molecule has 0 aliphatic carbocycles. The average Bonchev–Trinajstić information content (AvgIpc) is 2.68. The first kappa shape index (κ1) is 28.1. The molecule has 176 valence electrons. The number of hydrogen-bond acceptors (Lipinski definition) is 8. The minimum Gasteiger partial charge on any atom is -0.481 e. The molecule has 4 amide bonds. The number of hydrogen-bond donors (Lipinski definition) is 8. The summed E-state index contributed by atoms with van der Waals surface area (Å²) in [6, 6.07) is -5.55. The number of carboxylic acids is 2. The molecular formula is C17H29N5O8S. The van der Waals surface area contributed by atoms with Crippen LogP contribution in [0.25, 0.3) is 0 Å². The smallest absolute Gasteiger partial charge is 0.326 e. The molecule has 13 nitrogen and oxygen atoms in total. The molecule has 0 saturated carbocycles. The van der Waals surface area contributed by atoms with E-state index in [1.807, 2.05) is 12.2 Å².